The van der Waals surface area contributed by atoms with E-state index >= 15 is 0 Å². The quantitative estimate of drug-likeness (QED) is 0.720. The third-order valence-corrected chi connectivity index (χ3v) is 6.57. The predicted molar refractivity (Wildman–Crippen MR) is 111 cm³/mol. The van der Waals surface area contributed by atoms with E-state index in [0.717, 1.165) is 40.7 Å². The van der Waals surface area contributed by atoms with Crippen LogP contribution in [-0.4, -0.2) is 28.3 Å². The second kappa shape index (κ2) is 7.30. The molecule has 1 saturated carbocycles. The maximum Gasteiger partial charge on any atom is 0.256 e. The average molecular weight is 395 g/mol. The lowest BCUT2D eigenvalue weighted by atomic mass is 9.75. The summed E-state index contributed by atoms with van der Waals surface area (Å²) < 4.78 is 13.3. The molecule has 1 spiro atoms. The van der Waals surface area contributed by atoms with Gasteiger partial charge in [0, 0.05) is 6.61 Å². The zero-order chi connectivity index (χ0) is 20.8. The summed E-state index contributed by atoms with van der Waals surface area (Å²) >= 11 is 0. The van der Waals surface area contributed by atoms with Gasteiger partial charge in [-0.3, -0.25) is 4.79 Å². The van der Waals surface area contributed by atoms with E-state index in [4.69, 9.17) is 0 Å². The third-order valence-electron chi connectivity index (χ3n) is 6.57. The minimum atomic E-state index is -0.733. The maximum absolute atomic E-state index is 13.3. The lowest BCUT2D eigenvalue weighted by Crippen LogP contribution is -2.47. The molecule has 1 fully saturated rings. The van der Waals surface area contributed by atoms with Crippen LogP contribution in [0.1, 0.15) is 42.4 Å². The van der Waals surface area contributed by atoms with Crippen molar-refractivity contribution in [3.63, 3.8) is 0 Å². The molecule has 1 heterocycles. The fourth-order valence-corrected chi connectivity index (χ4v) is 4.81. The average Bonchev–Trinajstić information content (AvgIpc) is 2.94. The Hall–Kier alpha value is -2.66. The lowest BCUT2D eigenvalue weighted by molar-refractivity contribution is -0.116. The van der Waals surface area contributed by atoms with Crippen molar-refractivity contribution in [3.8, 4) is 11.1 Å². The van der Waals surface area contributed by atoms with Crippen LogP contribution in [-0.2, 0) is 4.79 Å². The van der Waals surface area contributed by atoms with E-state index in [1.54, 1.807) is 12.1 Å². The Morgan fingerprint density at radius 1 is 1.10 bits per heavy atom. The standard InChI is InChI=1S/C24H26FNO3/c1-14-3-8-19(17-4-6-18(25)7-5-17)15(2)20(14)21-22(28)24(26-23(21)29)11-9-16(13-27)10-12-24/h3-8,16,27-28H,9-13H2,1-2H3,(H,26,29). The fourth-order valence-electron chi connectivity index (χ4n) is 4.81. The first kappa shape index (κ1) is 19.6. The summed E-state index contributed by atoms with van der Waals surface area (Å²) in [5.41, 5.74) is 3.91. The number of hydrogen-bond donors (Lipinski definition) is 3. The van der Waals surface area contributed by atoms with E-state index < -0.39 is 5.54 Å². The fraction of sp³-hybridized carbons (Fsp3) is 0.375. The van der Waals surface area contributed by atoms with Crippen LogP contribution in [0.3, 0.4) is 0 Å². The number of amides is 1. The van der Waals surface area contributed by atoms with Gasteiger partial charge in [0.2, 0.25) is 0 Å². The predicted octanol–water partition coefficient (Wildman–Crippen LogP) is 4.43. The number of aryl methyl sites for hydroxylation is 1. The molecule has 29 heavy (non-hydrogen) atoms. The molecule has 3 N–H and O–H groups in total. The Morgan fingerprint density at radius 2 is 1.76 bits per heavy atom. The van der Waals surface area contributed by atoms with Crippen molar-refractivity contribution in [2.75, 3.05) is 6.61 Å². The van der Waals surface area contributed by atoms with E-state index in [1.807, 2.05) is 26.0 Å². The van der Waals surface area contributed by atoms with Gasteiger partial charge in [-0.15, -0.1) is 0 Å². The highest BCUT2D eigenvalue weighted by atomic mass is 19.1. The molecular weight excluding hydrogens is 369 g/mol. The Labute approximate surface area is 170 Å². The van der Waals surface area contributed by atoms with Gasteiger partial charge in [-0.1, -0.05) is 24.3 Å². The lowest BCUT2D eigenvalue weighted by Gasteiger charge is -2.36. The normalized spacial score (nSPS) is 24.3. The zero-order valence-electron chi connectivity index (χ0n) is 16.8. The van der Waals surface area contributed by atoms with Crippen LogP contribution < -0.4 is 5.32 Å². The minimum Gasteiger partial charge on any atom is -0.509 e. The molecule has 2 aromatic rings. The van der Waals surface area contributed by atoms with Gasteiger partial charge in [-0.2, -0.15) is 0 Å². The summed E-state index contributed by atoms with van der Waals surface area (Å²) in [4.78, 5) is 13.0. The minimum absolute atomic E-state index is 0.112. The summed E-state index contributed by atoms with van der Waals surface area (Å²) in [6, 6.07) is 10.2. The SMILES string of the molecule is Cc1ccc(-c2ccc(F)cc2)c(C)c1C1=C(O)C2(CCC(CO)CC2)NC1=O. The second-order valence-corrected chi connectivity index (χ2v) is 8.32. The van der Waals surface area contributed by atoms with Crippen LogP contribution >= 0.6 is 0 Å². The maximum atomic E-state index is 13.3. The number of halogens is 1. The molecule has 1 aliphatic carbocycles. The summed E-state index contributed by atoms with van der Waals surface area (Å²) in [5.74, 6) is -0.219. The topological polar surface area (TPSA) is 69.6 Å². The highest BCUT2D eigenvalue weighted by Gasteiger charge is 2.48. The molecule has 0 aromatic heterocycles. The third kappa shape index (κ3) is 3.23. The number of hydrogen-bond acceptors (Lipinski definition) is 3. The molecule has 152 valence electrons. The molecule has 0 unspecified atom stereocenters. The van der Waals surface area contributed by atoms with Crippen molar-refractivity contribution in [2.45, 2.75) is 45.1 Å². The second-order valence-electron chi connectivity index (χ2n) is 8.32. The van der Waals surface area contributed by atoms with Crippen LogP contribution in [0.25, 0.3) is 16.7 Å². The monoisotopic (exact) mass is 395 g/mol. The van der Waals surface area contributed by atoms with Crippen LogP contribution in [0, 0.1) is 25.6 Å². The number of rotatable bonds is 3. The number of carbonyl (C=O) groups is 1. The smallest absolute Gasteiger partial charge is 0.256 e. The van der Waals surface area contributed by atoms with Crippen LogP contribution in [0.2, 0.25) is 0 Å². The van der Waals surface area contributed by atoms with Gasteiger partial charge in [0.15, 0.2) is 0 Å². The van der Waals surface area contributed by atoms with E-state index in [0.29, 0.717) is 18.4 Å². The molecule has 2 aromatic carbocycles. The summed E-state index contributed by atoms with van der Waals surface area (Å²) in [5, 5.41) is 23.6. The molecular formula is C24H26FNO3. The van der Waals surface area contributed by atoms with Crippen LogP contribution in [0.5, 0.6) is 0 Å². The highest BCUT2D eigenvalue weighted by Crippen LogP contribution is 2.44. The van der Waals surface area contributed by atoms with Gasteiger partial charge in [-0.25, -0.2) is 4.39 Å². The van der Waals surface area contributed by atoms with Crippen LogP contribution in [0.15, 0.2) is 42.2 Å². The molecule has 0 radical (unpaired) electrons. The van der Waals surface area contributed by atoms with Gasteiger partial charge < -0.3 is 15.5 Å². The van der Waals surface area contributed by atoms with Gasteiger partial charge in [0.25, 0.3) is 5.91 Å². The summed E-state index contributed by atoms with van der Waals surface area (Å²) in [7, 11) is 0. The number of aliphatic hydroxyl groups excluding tert-OH is 2. The highest BCUT2D eigenvalue weighted by molar-refractivity contribution is 6.24. The van der Waals surface area contributed by atoms with Crippen molar-refractivity contribution in [1.29, 1.82) is 0 Å². The van der Waals surface area contributed by atoms with Crippen molar-refractivity contribution in [1.82, 2.24) is 5.32 Å². The van der Waals surface area contributed by atoms with Crippen LogP contribution in [0.4, 0.5) is 4.39 Å². The van der Waals surface area contributed by atoms with E-state index in [-0.39, 0.29) is 30.0 Å². The summed E-state index contributed by atoms with van der Waals surface area (Å²) in [6.07, 6.45) is 2.77. The molecule has 0 saturated heterocycles. The van der Waals surface area contributed by atoms with Crippen molar-refractivity contribution in [3.05, 3.63) is 64.7 Å². The number of aliphatic hydroxyl groups is 2. The molecule has 5 heteroatoms. The van der Waals surface area contributed by atoms with Crippen molar-refractivity contribution < 1.29 is 19.4 Å². The van der Waals surface area contributed by atoms with Crippen molar-refractivity contribution >= 4 is 11.5 Å². The summed E-state index contributed by atoms with van der Waals surface area (Å²) in [6.45, 7) is 4.00. The Kier molecular flexibility index (Phi) is 4.95. The number of carbonyl (C=O) groups excluding carboxylic acids is 1. The molecule has 4 nitrogen and oxygen atoms in total. The first-order valence-electron chi connectivity index (χ1n) is 10.1. The Morgan fingerprint density at radius 3 is 2.38 bits per heavy atom. The first-order chi connectivity index (χ1) is 13.9. The van der Waals surface area contributed by atoms with Gasteiger partial charge in [0.1, 0.15) is 11.6 Å². The van der Waals surface area contributed by atoms with Gasteiger partial charge >= 0.3 is 0 Å². The molecule has 4 rings (SSSR count). The molecule has 0 atom stereocenters. The molecule has 2 aliphatic rings. The molecule has 1 amide bonds. The Bertz CT molecular complexity index is 986. The van der Waals surface area contributed by atoms with Crippen molar-refractivity contribution in [2.24, 2.45) is 5.92 Å². The molecule has 1 aliphatic heterocycles. The first-order valence-corrected chi connectivity index (χ1v) is 10.1. The molecule has 0 bridgehead atoms. The largest absolute Gasteiger partial charge is 0.509 e. The zero-order valence-corrected chi connectivity index (χ0v) is 16.8. The van der Waals surface area contributed by atoms with E-state index in [9.17, 15) is 19.4 Å². The number of benzene rings is 2. The Balaban J connectivity index is 1.80. The van der Waals surface area contributed by atoms with E-state index in [1.165, 1.54) is 12.1 Å². The van der Waals surface area contributed by atoms with Gasteiger partial charge in [0.05, 0.1) is 11.1 Å². The van der Waals surface area contributed by atoms with E-state index in [2.05, 4.69) is 5.32 Å². The number of nitrogens with one attached hydrogen (secondary N) is 1. The van der Waals surface area contributed by atoms with Gasteiger partial charge in [-0.05, 0) is 85.4 Å².